The zero-order valence-electron chi connectivity index (χ0n) is 2.44. The summed E-state index contributed by atoms with van der Waals surface area (Å²) in [7, 11) is 0. The van der Waals surface area contributed by atoms with E-state index in [1.807, 2.05) is 0 Å². The van der Waals surface area contributed by atoms with E-state index in [1.165, 1.54) is 0 Å². The van der Waals surface area contributed by atoms with Crippen molar-refractivity contribution in [1.82, 2.24) is 0 Å². The standard InChI is InChI=1S/Cu.3FH.K/h;3*1H;/q+2;;;;+1/p-3. The minimum absolute atomic E-state index is 0. The first-order valence-corrected chi connectivity index (χ1v) is 0. The quantitative estimate of drug-likeness (QED) is 0.308. The molecule has 0 nitrogen and oxygen atoms in total. The van der Waals surface area contributed by atoms with Crippen LogP contribution in [0.1, 0.15) is 0 Å². The van der Waals surface area contributed by atoms with E-state index in [9.17, 15) is 0 Å². The van der Waals surface area contributed by atoms with Gasteiger partial charge in [-0.2, -0.15) is 0 Å². The third kappa shape index (κ3) is 24.4. The van der Waals surface area contributed by atoms with Crippen molar-refractivity contribution in [2.75, 3.05) is 0 Å². The molecule has 0 heterocycles. The zero-order valence-corrected chi connectivity index (χ0v) is 6.50. The molecule has 0 unspecified atom stereocenters. The van der Waals surface area contributed by atoms with Gasteiger partial charge in [-0.15, -0.1) is 0 Å². The molecule has 0 aliphatic rings. The van der Waals surface area contributed by atoms with Crippen molar-refractivity contribution < 1.29 is 82.6 Å². The van der Waals surface area contributed by atoms with Crippen LogP contribution in [0.5, 0.6) is 0 Å². The summed E-state index contributed by atoms with van der Waals surface area (Å²) in [6.07, 6.45) is 0. The van der Waals surface area contributed by atoms with Crippen LogP contribution in [-0.2, 0) is 17.1 Å². The van der Waals surface area contributed by atoms with Crippen LogP contribution in [0.3, 0.4) is 0 Å². The van der Waals surface area contributed by atoms with Crippen LogP contribution in [0.15, 0.2) is 0 Å². The first-order chi connectivity index (χ1) is 0. The fourth-order valence-corrected chi connectivity index (χ4v) is 0. The molecule has 5 heavy (non-hydrogen) atoms. The van der Waals surface area contributed by atoms with Gasteiger partial charge in [-0.3, -0.25) is 0 Å². The molecule has 5 heteroatoms. The van der Waals surface area contributed by atoms with Crippen molar-refractivity contribution >= 4 is 0 Å². The maximum absolute atomic E-state index is 0. The van der Waals surface area contributed by atoms with Crippen LogP contribution in [0.25, 0.3) is 0 Å². The van der Waals surface area contributed by atoms with Crippen molar-refractivity contribution in [3.8, 4) is 0 Å². The molecule has 0 bridgehead atoms. The molecular formula is CuF3K. The Kier molecular flexibility index (Phi) is 498. The molecular weight excluding hydrogens is 160 g/mol. The normalized spacial score (nSPS) is 0. The molecule has 0 aliphatic heterocycles. The van der Waals surface area contributed by atoms with Gasteiger partial charge in [0.05, 0.1) is 0 Å². The largest absolute Gasteiger partial charge is 2.00 e. The molecule has 0 aliphatic carbocycles. The van der Waals surface area contributed by atoms with E-state index in [0.717, 1.165) is 0 Å². The summed E-state index contributed by atoms with van der Waals surface area (Å²) < 4.78 is 0. The van der Waals surface area contributed by atoms with Crippen molar-refractivity contribution in [3.05, 3.63) is 0 Å². The molecule has 33 valence electrons. The van der Waals surface area contributed by atoms with E-state index in [4.69, 9.17) is 0 Å². The maximum atomic E-state index is 0. The van der Waals surface area contributed by atoms with Gasteiger partial charge < -0.3 is 14.1 Å². The molecule has 1 radical (unpaired) electrons. The Morgan fingerprint density at radius 2 is 0.600 bits per heavy atom. The van der Waals surface area contributed by atoms with E-state index in [2.05, 4.69) is 0 Å². The summed E-state index contributed by atoms with van der Waals surface area (Å²) in [6.45, 7) is 0. The first-order valence-electron chi connectivity index (χ1n) is 0. The van der Waals surface area contributed by atoms with E-state index in [1.54, 1.807) is 0 Å². The SMILES string of the molecule is [Cu+2].[F-].[F-].[F-].[K+]. The molecule has 0 aromatic rings. The fourth-order valence-electron chi connectivity index (χ4n) is 0. The Labute approximate surface area is 81.1 Å². The van der Waals surface area contributed by atoms with Gasteiger partial charge in [0.25, 0.3) is 0 Å². The third-order valence-corrected chi connectivity index (χ3v) is 0. The molecule has 0 amide bonds. The number of hydrogen-bond donors (Lipinski definition) is 0. The molecule has 0 saturated heterocycles. The van der Waals surface area contributed by atoms with Gasteiger partial charge in [-0.1, -0.05) is 0 Å². The van der Waals surface area contributed by atoms with E-state index in [0.29, 0.717) is 0 Å². The summed E-state index contributed by atoms with van der Waals surface area (Å²) in [6, 6.07) is 0. The third-order valence-electron chi connectivity index (χ3n) is 0. The monoisotopic (exact) mass is 159 g/mol. The van der Waals surface area contributed by atoms with Gasteiger partial charge >= 0.3 is 68.5 Å². The van der Waals surface area contributed by atoms with E-state index >= 15 is 0 Å². The van der Waals surface area contributed by atoms with Gasteiger partial charge in [-0.05, 0) is 0 Å². The molecule has 0 aromatic carbocycles. The predicted molar refractivity (Wildman–Crippen MR) is 0 cm³/mol. The number of halogens is 3. The number of rotatable bonds is 0. The summed E-state index contributed by atoms with van der Waals surface area (Å²) >= 11 is 0. The van der Waals surface area contributed by atoms with E-state index < -0.39 is 0 Å². The Balaban J connectivity index is 0. The Morgan fingerprint density at radius 1 is 0.600 bits per heavy atom. The van der Waals surface area contributed by atoms with Gasteiger partial charge in [0.15, 0.2) is 0 Å². The van der Waals surface area contributed by atoms with Crippen molar-refractivity contribution in [3.63, 3.8) is 0 Å². The second-order valence-electron chi connectivity index (χ2n) is 0. The van der Waals surface area contributed by atoms with Crippen LogP contribution in [0.4, 0.5) is 0 Å². The fraction of sp³-hybridized carbons (Fsp3) is 0. The average molecular weight is 160 g/mol. The van der Waals surface area contributed by atoms with Crippen LogP contribution in [0.2, 0.25) is 0 Å². The van der Waals surface area contributed by atoms with Crippen molar-refractivity contribution in [2.45, 2.75) is 0 Å². The summed E-state index contributed by atoms with van der Waals surface area (Å²) in [5.41, 5.74) is 0. The van der Waals surface area contributed by atoms with Crippen LogP contribution in [0, 0.1) is 0 Å². The molecule has 0 atom stereocenters. The van der Waals surface area contributed by atoms with Crippen LogP contribution < -0.4 is 65.5 Å². The molecule has 0 N–H and O–H groups in total. The predicted octanol–water partition coefficient (Wildman–Crippen LogP) is -12.0. The molecule has 0 aromatic heterocycles. The maximum Gasteiger partial charge on any atom is 2.00 e. The Morgan fingerprint density at radius 3 is 0.600 bits per heavy atom. The molecule has 0 saturated carbocycles. The van der Waals surface area contributed by atoms with Gasteiger partial charge in [0.1, 0.15) is 0 Å². The average Bonchev–Trinajstić information content (AvgIpc) is 0. The Bertz CT molecular complexity index is 6.85. The van der Waals surface area contributed by atoms with Gasteiger partial charge in [-0.25, -0.2) is 0 Å². The topological polar surface area (TPSA) is 0 Å². The first kappa shape index (κ1) is 64.9. The van der Waals surface area contributed by atoms with Gasteiger partial charge in [0.2, 0.25) is 0 Å². The summed E-state index contributed by atoms with van der Waals surface area (Å²) in [4.78, 5) is 0. The van der Waals surface area contributed by atoms with Crippen LogP contribution >= 0.6 is 0 Å². The Hall–Kier alpha value is 1.95. The van der Waals surface area contributed by atoms with Crippen molar-refractivity contribution in [1.29, 1.82) is 0 Å². The zero-order chi connectivity index (χ0) is 0. The molecule has 0 spiro atoms. The second-order valence-corrected chi connectivity index (χ2v) is 0. The summed E-state index contributed by atoms with van der Waals surface area (Å²) in [5.74, 6) is 0. The smallest absolute Gasteiger partial charge is 1.00 e. The van der Waals surface area contributed by atoms with Gasteiger partial charge in [0, 0.05) is 0 Å². The van der Waals surface area contributed by atoms with Crippen LogP contribution in [-0.4, -0.2) is 0 Å². The minimum Gasteiger partial charge on any atom is -1.00 e. The summed E-state index contributed by atoms with van der Waals surface area (Å²) in [5, 5.41) is 0. The second kappa shape index (κ2) is 38.4. The molecule has 0 fully saturated rings. The van der Waals surface area contributed by atoms with E-state index in [-0.39, 0.29) is 82.6 Å². The number of hydrogen-bond acceptors (Lipinski definition) is 0. The van der Waals surface area contributed by atoms with Crippen molar-refractivity contribution in [2.24, 2.45) is 0 Å². The minimum atomic E-state index is 0. The molecule has 0 rings (SSSR count).